The number of ether oxygens (including phenoxy) is 1. The van der Waals surface area contributed by atoms with Crippen LogP contribution in [0.25, 0.3) is 10.1 Å². The van der Waals surface area contributed by atoms with Gasteiger partial charge in [-0.05, 0) is 42.1 Å². The van der Waals surface area contributed by atoms with Gasteiger partial charge in [-0.15, -0.1) is 11.3 Å². The minimum atomic E-state index is 0.601. The van der Waals surface area contributed by atoms with Crippen LogP contribution in [-0.2, 0) is 6.61 Å². The number of fused-ring (bicyclic) bond motifs is 1. The lowest BCUT2D eigenvalue weighted by Crippen LogP contribution is -1.94. The second kappa shape index (κ2) is 4.94. The molecule has 0 bridgehead atoms. The van der Waals surface area contributed by atoms with Gasteiger partial charge in [-0.2, -0.15) is 0 Å². The van der Waals surface area contributed by atoms with Crippen LogP contribution in [0.15, 0.2) is 48.5 Å². The third-order valence-corrected chi connectivity index (χ3v) is 4.13. The molecule has 0 saturated carbocycles. The van der Waals surface area contributed by atoms with Gasteiger partial charge in [0.25, 0.3) is 0 Å². The molecule has 0 aliphatic carbocycles. The van der Waals surface area contributed by atoms with Crippen molar-refractivity contribution in [1.82, 2.24) is 0 Å². The lowest BCUT2D eigenvalue weighted by molar-refractivity contribution is 0.308. The summed E-state index contributed by atoms with van der Waals surface area (Å²) in [6.07, 6.45) is 0. The predicted octanol–water partition coefficient (Wildman–Crippen LogP) is 4.37. The number of nitrogen functional groups attached to an aromatic ring is 1. The summed E-state index contributed by atoms with van der Waals surface area (Å²) in [6.45, 7) is 2.66. The van der Waals surface area contributed by atoms with Crippen LogP contribution in [0.3, 0.4) is 0 Å². The van der Waals surface area contributed by atoms with Gasteiger partial charge in [-0.25, -0.2) is 0 Å². The average molecular weight is 269 g/mol. The highest BCUT2D eigenvalue weighted by molar-refractivity contribution is 7.19. The highest BCUT2D eigenvalue weighted by Gasteiger charge is 2.04. The van der Waals surface area contributed by atoms with Gasteiger partial charge in [0.1, 0.15) is 12.4 Å². The Kier molecular flexibility index (Phi) is 3.13. The number of anilines is 1. The summed E-state index contributed by atoms with van der Waals surface area (Å²) in [5.74, 6) is 0.944. The molecule has 0 aliphatic heterocycles. The zero-order valence-electron chi connectivity index (χ0n) is 10.7. The van der Waals surface area contributed by atoms with Gasteiger partial charge < -0.3 is 10.5 Å². The van der Waals surface area contributed by atoms with Crippen molar-refractivity contribution in [1.29, 1.82) is 0 Å². The van der Waals surface area contributed by atoms with E-state index < -0.39 is 0 Å². The monoisotopic (exact) mass is 269 g/mol. The number of thiophene rings is 1. The van der Waals surface area contributed by atoms with E-state index in [0.717, 1.165) is 17.0 Å². The fraction of sp³-hybridized carbons (Fsp3) is 0.125. The maximum atomic E-state index is 5.86. The topological polar surface area (TPSA) is 35.2 Å². The quantitative estimate of drug-likeness (QED) is 0.716. The minimum Gasteiger partial charge on any atom is -0.488 e. The van der Waals surface area contributed by atoms with Crippen LogP contribution in [0, 0.1) is 6.92 Å². The zero-order valence-corrected chi connectivity index (χ0v) is 11.5. The first kappa shape index (κ1) is 12.1. The van der Waals surface area contributed by atoms with Crippen LogP contribution < -0.4 is 10.5 Å². The van der Waals surface area contributed by atoms with E-state index in [1.807, 2.05) is 30.3 Å². The molecular weight excluding hydrogens is 254 g/mol. The lowest BCUT2D eigenvalue weighted by atomic mass is 10.2. The van der Waals surface area contributed by atoms with Crippen LogP contribution >= 0.6 is 11.3 Å². The molecule has 96 valence electrons. The molecular formula is C16H15NOS. The molecule has 0 spiro atoms. The molecule has 19 heavy (non-hydrogen) atoms. The van der Waals surface area contributed by atoms with Crippen molar-refractivity contribution in [3.05, 3.63) is 59.0 Å². The number of hydrogen-bond donors (Lipinski definition) is 1. The predicted molar refractivity (Wildman–Crippen MR) is 81.7 cm³/mol. The molecule has 2 N–H and O–H groups in total. The molecule has 3 rings (SSSR count). The second-order valence-corrected chi connectivity index (χ2v) is 5.73. The van der Waals surface area contributed by atoms with E-state index in [4.69, 9.17) is 10.5 Å². The first-order chi connectivity index (χ1) is 9.22. The van der Waals surface area contributed by atoms with Crippen molar-refractivity contribution >= 4 is 27.1 Å². The first-order valence-corrected chi connectivity index (χ1v) is 7.00. The highest BCUT2D eigenvalue weighted by atomic mass is 32.1. The van der Waals surface area contributed by atoms with Gasteiger partial charge in [-0.3, -0.25) is 0 Å². The Morgan fingerprint density at radius 1 is 1.11 bits per heavy atom. The van der Waals surface area contributed by atoms with Crippen molar-refractivity contribution in [2.45, 2.75) is 13.5 Å². The van der Waals surface area contributed by atoms with E-state index in [2.05, 4.69) is 25.1 Å². The first-order valence-electron chi connectivity index (χ1n) is 6.19. The SMILES string of the molecule is Cc1ccccc1OCc1cc2ccc(N)cc2s1. The Bertz CT molecular complexity index is 718. The Hall–Kier alpha value is -2.00. The largest absolute Gasteiger partial charge is 0.488 e. The van der Waals surface area contributed by atoms with Gasteiger partial charge in [0.2, 0.25) is 0 Å². The standard InChI is InChI=1S/C16H15NOS/c1-11-4-2-3-5-15(11)18-10-14-8-12-6-7-13(17)9-16(12)19-14/h2-9H,10,17H2,1H3. The maximum absolute atomic E-state index is 5.86. The lowest BCUT2D eigenvalue weighted by Gasteiger charge is -2.06. The van der Waals surface area contributed by atoms with Crippen molar-refractivity contribution in [2.75, 3.05) is 5.73 Å². The molecule has 3 heteroatoms. The smallest absolute Gasteiger partial charge is 0.122 e. The Morgan fingerprint density at radius 3 is 2.79 bits per heavy atom. The summed E-state index contributed by atoms with van der Waals surface area (Å²) in [6, 6.07) is 16.2. The fourth-order valence-corrected chi connectivity index (χ4v) is 3.07. The molecule has 0 aliphatic rings. The third-order valence-electron chi connectivity index (χ3n) is 3.06. The highest BCUT2D eigenvalue weighted by Crippen LogP contribution is 2.28. The van der Waals surface area contributed by atoms with E-state index in [-0.39, 0.29) is 0 Å². The van der Waals surface area contributed by atoms with Gasteiger partial charge in [0, 0.05) is 15.3 Å². The zero-order chi connectivity index (χ0) is 13.2. The van der Waals surface area contributed by atoms with E-state index in [9.17, 15) is 0 Å². The minimum absolute atomic E-state index is 0.601. The molecule has 0 fully saturated rings. The number of rotatable bonds is 3. The van der Waals surface area contributed by atoms with Gasteiger partial charge >= 0.3 is 0 Å². The molecule has 1 heterocycles. The number of para-hydroxylation sites is 1. The van der Waals surface area contributed by atoms with Crippen LogP contribution in [0.2, 0.25) is 0 Å². The summed E-state index contributed by atoms with van der Waals surface area (Å²) < 4.78 is 7.07. The fourth-order valence-electron chi connectivity index (χ4n) is 2.04. The third kappa shape index (κ3) is 2.56. The van der Waals surface area contributed by atoms with Crippen molar-refractivity contribution in [3.63, 3.8) is 0 Å². The molecule has 2 nitrogen and oxygen atoms in total. The number of aryl methyl sites for hydroxylation is 1. The summed E-state index contributed by atoms with van der Waals surface area (Å²) in [5, 5.41) is 1.22. The van der Waals surface area contributed by atoms with Crippen LogP contribution in [-0.4, -0.2) is 0 Å². The molecule has 0 radical (unpaired) electrons. The molecule has 3 aromatic rings. The van der Waals surface area contributed by atoms with E-state index >= 15 is 0 Å². The second-order valence-electron chi connectivity index (χ2n) is 4.56. The van der Waals surface area contributed by atoms with E-state index in [1.54, 1.807) is 11.3 Å². The maximum Gasteiger partial charge on any atom is 0.122 e. The summed E-state index contributed by atoms with van der Waals surface area (Å²) in [5.41, 5.74) is 7.76. The van der Waals surface area contributed by atoms with Crippen molar-refractivity contribution < 1.29 is 4.74 Å². The average Bonchev–Trinajstić information content (AvgIpc) is 2.79. The van der Waals surface area contributed by atoms with Crippen LogP contribution in [0.4, 0.5) is 5.69 Å². The van der Waals surface area contributed by atoms with Gasteiger partial charge in [-0.1, -0.05) is 24.3 Å². The Balaban J connectivity index is 1.80. The number of nitrogens with two attached hydrogens (primary N) is 1. The molecule has 0 saturated heterocycles. The molecule has 0 unspecified atom stereocenters. The van der Waals surface area contributed by atoms with Gasteiger partial charge in [0.05, 0.1) is 0 Å². The summed E-state index contributed by atoms with van der Waals surface area (Å²) >= 11 is 1.73. The van der Waals surface area contributed by atoms with Crippen molar-refractivity contribution in [2.24, 2.45) is 0 Å². The van der Waals surface area contributed by atoms with Crippen LogP contribution in [0.1, 0.15) is 10.4 Å². The summed E-state index contributed by atoms with van der Waals surface area (Å²) in [7, 11) is 0. The van der Waals surface area contributed by atoms with Crippen molar-refractivity contribution in [3.8, 4) is 5.75 Å². The molecule has 0 atom stereocenters. The molecule has 0 amide bonds. The van der Waals surface area contributed by atoms with Crippen LogP contribution in [0.5, 0.6) is 5.75 Å². The van der Waals surface area contributed by atoms with E-state index in [1.165, 1.54) is 15.0 Å². The molecule has 1 aromatic heterocycles. The summed E-state index contributed by atoms with van der Waals surface area (Å²) in [4.78, 5) is 1.21. The van der Waals surface area contributed by atoms with Gasteiger partial charge in [0.15, 0.2) is 0 Å². The number of hydrogen-bond acceptors (Lipinski definition) is 3. The Morgan fingerprint density at radius 2 is 1.95 bits per heavy atom. The Labute approximate surface area is 116 Å². The molecule has 2 aromatic carbocycles. The normalized spacial score (nSPS) is 10.8. The number of benzene rings is 2. The van der Waals surface area contributed by atoms with E-state index in [0.29, 0.717) is 6.61 Å².